The van der Waals surface area contributed by atoms with Gasteiger partial charge in [0.25, 0.3) is 0 Å². The summed E-state index contributed by atoms with van der Waals surface area (Å²) in [7, 11) is 0. The van der Waals surface area contributed by atoms with Crippen LogP contribution in [-0.4, -0.2) is 37.7 Å². The zero-order valence-electron chi connectivity index (χ0n) is 10.6. The van der Waals surface area contributed by atoms with Gasteiger partial charge in [-0.05, 0) is 32.6 Å². The third-order valence-electron chi connectivity index (χ3n) is 3.10. The van der Waals surface area contributed by atoms with Gasteiger partial charge in [0.2, 0.25) is 5.91 Å². The van der Waals surface area contributed by atoms with E-state index >= 15 is 0 Å². The molecule has 1 saturated heterocycles. The van der Waals surface area contributed by atoms with Gasteiger partial charge < -0.3 is 15.4 Å². The number of ether oxygens (including phenoxy) is 1. The summed E-state index contributed by atoms with van der Waals surface area (Å²) in [5.74, 6) is 0.651. The summed E-state index contributed by atoms with van der Waals surface area (Å²) in [4.78, 5) is 11.6. The summed E-state index contributed by atoms with van der Waals surface area (Å²) < 4.78 is 5.27. The molecule has 0 saturated carbocycles. The van der Waals surface area contributed by atoms with E-state index in [1.54, 1.807) is 0 Å². The highest BCUT2D eigenvalue weighted by molar-refractivity contribution is 5.78. The van der Waals surface area contributed by atoms with Gasteiger partial charge in [0.15, 0.2) is 0 Å². The molecule has 94 valence electrons. The van der Waals surface area contributed by atoms with E-state index in [0.29, 0.717) is 12.5 Å². The predicted octanol–water partition coefficient (Wildman–Crippen LogP) is 0.917. The van der Waals surface area contributed by atoms with Crippen molar-refractivity contribution < 1.29 is 9.53 Å². The number of amides is 1. The van der Waals surface area contributed by atoms with Crippen molar-refractivity contribution in [3.05, 3.63) is 0 Å². The standard InChI is InChI=1S/C12H24N2O2/c1-4-12(2,3)14-11(15)8-13-7-10-5-6-16-9-10/h10,13H,4-9H2,1-3H3,(H,14,15). The van der Waals surface area contributed by atoms with Gasteiger partial charge in [-0.1, -0.05) is 6.92 Å². The van der Waals surface area contributed by atoms with E-state index in [0.717, 1.165) is 32.6 Å². The predicted molar refractivity (Wildman–Crippen MR) is 64.3 cm³/mol. The molecule has 1 aliphatic rings. The van der Waals surface area contributed by atoms with Crippen LogP contribution in [0.2, 0.25) is 0 Å². The highest BCUT2D eigenvalue weighted by Crippen LogP contribution is 2.10. The summed E-state index contributed by atoms with van der Waals surface area (Å²) in [5.41, 5.74) is -0.102. The van der Waals surface area contributed by atoms with Crippen LogP contribution in [0.1, 0.15) is 33.6 Å². The van der Waals surface area contributed by atoms with Gasteiger partial charge in [-0.2, -0.15) is 0 Å². The fourth-order valence-corrected chi connectivity index (χ4v) is 1.64. The normalized spacial score (nSPS) is 21.1. The summed E-state index contributed by atoms with van der Waals surface area (Å²) >= 11 is 0. The average molecular weight is 228 g/mol. The molecule has 1 unspecified atom stereocenters. The highest BCUT2D eigenvalue weighted by atomic mass is 16.5. The molecule has 1 atom stereocenters. The van der Waals surface area contributed by atoms with E-state index in [4.69, 9.17) is 4.74 Å². The molecule has 1 amide bonds. The lowest BCUT2D eigenvalue weighted by Crippen LogP contribution is -2.47. The van der Waals surface area contributed by atoms with Crippen molar-refractivity contribution in [2.24, 2.45) is 5.92 Å². The Kier molecular flexibility index (Phi) is 5.22. The first-order valence-electron chi connectivity index (χ1n) is 6.13. The van der Waals surface area contributed by atoms with Crippen LogP contribution >= 0.6 is 0 Å². The second-order valence-corrected chi connectivity index (χ2v) is 5.15. The molecule has 4 nitrogen and oxygen atoms in total. The Bertz CT molecular complexity index is 223. The number of nitrogens with one attached hydrogen (secondary N) is 2. The molecular weight excluding hydrogens is 204 g/mol. The van der Waals surface area contributed by atoms with E-state index in [1.165, 1.54) is 0 Å². The van der Waals surface area contributed by atoms with Crippen LogP contribution in [0.4, 0.5) is 0 Å². The maximum absolute atomic E-state index is 11.6. The molecule has 0 spiro atoms. The Balaban J connectivity index is 2.10. The lowest BCUT2D eigenvalue weighted by atomic mass is 10.0. The highest BCUT2D eigenvalue weighted by Gasteiger charge is 2.18. The van der Waals surface area contributed by atoms with Crippen LogP contribution in [0.5, 0.6) is 0 Å². The Morgan fingerprint density at radius 3 is 2.81 bits per heavy atom. The van der Waals surface area contributed by atoms with E-state index in [9.17, 15) is 4.79 Å². The molecule has 0 bridgehead atoms. The minimum atomic E-state index is -0.102. The van der Waals surface area contributed by atoms with Gasteiger partial charge in [0.1, 0.15) is 0 Å². The van der Waals surface area contributed by atoms with E-state index in [-0.39, 0.29) is 11.4 Å². The quantitative estimate of drug-likeness (QED) is 0.710. The first-order chi connectivity index (χ1) is 7.53. The van der Waals surface area contributed by atoms with Crippen LogP contribution in [0.3, 0.4) is 0 Å². The van der Waals surface area contributed by atoms with Crippen molar-refractivity contribution >= 4 is 5.91 Å². The zero-order valence-corrected chi connectivity index (χ0v) is 10.6. The lowest BCUT2D eigenvalue weighted by molar-refractivity contribution is -0.121. The van der Waals surface area contributed by atoms with Crippen molar-refractivity contribution in [2.75, 3.05) is 26.3 Å². The number of carbonyl (C=O) groups is 1. The van der Waals surface area contributed by atoms with E-state index in [1.807, 2.05) is 13.8 Å². The SMILES string of the molecule is CCC(C)(C)NC(=O)CNCC1CCOC1. The van der Waals surface area contributed by atoms with E-state index < -0.39 is 0 Å². The Hall–Kier alpha value is -0.610. The van der Waals surface area contributed by atoms with Gasteiger partial charge in [-0.15, -0.1) is 0 Å². The van der Waals surface area contributed by atoms with Crippen LogP contribution in [0.15, 0.2) is 0 Å². The second-order valence-electron chi connectivity index (χ2n) is 5.15. The van der Waals surface area contributed by atoms with Gasteiger partial charge in [0.05, 0.1) is 13.2 Å². The van der Waals surface area contributed by atoms with Crippen molar-refractivity contribution in [2.45, 2.75) is 39.2 Å². The van der Waals surface area contributed by atoms with Crippen molar-refractivity contribution in [1.82, 2.24) is 10.6 Å². The molecular formula is C12H24N2O2. The minimum Gasteiger partial charge on any atom is -0.381 e. The summed E-state index contributed by atoms with van der Waals surface area (Å²) in [6.07, 6.45) is 2.05. The molecule has 0 radical (unpaired) electrons. The number of hydrogen-bond donors (Lipinski definition) is 2. The topological polar surface area (TPSA) is 50.4 Å². The Morgan fingerprint density at radius 2 is 2.25 bits per heavy atom. The maximum atomic E-state index is 11.6. The monoisotopic (exact) mass is 228 g/mol. The lowest BCUT2D eigenvalue weighted by Gasteiger charge is -2.24. The van der Waals surface area contributed by atoms with Gasteiger partial charge in [0, 0.05) is 18.7 Å². The summed E-state index contributed by atoms with van der Waals surface area (Å²) in [6.45, 7) is 9.12. The molecule has 1 aliphatic heterocycles. The molecule has 0 aromatic heterocycles. The molecule has 0 aliphatic carbocycles. The average Bonchev–Trinajstić information content (AvgIpc) is 2.70. The molecule has 1 rings (SSSR count). The molecule has 16 heavy (non-hydrogen) atoms. The van der Waals surface area contributed by atoms with Gasteiger partial charge in [-0.25, -0.2) is 0 Å². The molecule has 2 N–H and O–H groups in total. The van der Waals surface area contributed by atoms with Gasteiger partial charge in [-0.3, -0.25) is 4.79 Å². The zero-order chi connectivity index (χ0) is 12.0. The van der Waals surface area contributed by atoms with Crippen molar-refractivity contribution in [3.8, 4) is 0 Å². The minimum absolute atomic E-state index is 0.0748. The van der Waals surface area contributed by atoms with Crippen LogP contribution in [0.25, 0.3) is 0 Å². The Labute approximate surface area is 98.1 Å². The third-order valence-corrected chi connectivity index (χ3v) is 3.10. The first-order valence-corrected chi connectivity index (χ1v) is 6.13. The third kappa shape index (κ3) is 4.94. The van der Waals surface area contributed by atoms with E-state index in [2.05, 4.69) is 17.6 Å². The maximum Gasteiger partial charge on any atom is 0.234 e. The van der Waals surface area contributed by atoms with Gasteiger partial charge >= 0.3 is 0 Å². The second kappa shape index (κ2) is 6.21. The number of hydrogen-bond acceptors (Lipinski definition) is 3. The molecule has 0 aromatic rings. The fourth-order valence-electron chi connectivity index (χ4n) is 1.64. The molecule has 1 fully saturated rings. The molecule has 4 heteroatoms. The van der Waals surface area contributed by atoms with Crippen LogP contribution in [-0.2, 0) is 9.53 Å². The van der Waals surface area contributed by atoms with Crippen molar-refractivity contribution in [3.63, 3.8) is 0 Å². The van der Waals surface area contributed by atoms with Crippen LogP contribution in [0, 0.1) is 5.92 Å². The first kappa shape index (κ1) is 13.5. The number of carbonyl (C=O) groups excluding carboxylic acids is 1. The van der Waals surface area contributed by atoms with Crippen LogP contribution < -0.4 is 10.6 Å². The fraction of sp³-hybridized carbons (Fsp3) is 0.917. The molecule has 0 aromatic carbocycles. The number of rotatable bonds is 6. The smallest absolute Gasteiger partial charge is 0.234 e. The summed E-state index contributed by atoms with van der Waals surface area (Å²) in [5, 5.41) is 6.18. The Morgan fingerprint density at radius 1 is 1.50 bits per heavy atom. The largest absolute Gasteiger partial charge is 0.381 e. The molecule has 1 heterocycles. The van der Waals surface area contributed by atoms with Crippen molar-refractivity contribution in [1.29, 1.82) is 0 Å². The summed E-state index contributed by atoms with van der Waals surface area (Å²) in [6, 6.07) is 0.